The lowest BCUT2D eigenvalue weighted by Gasteiger charge is -2.37. The van der Waals surface area contributed by atoms with E-state index in [1.54, 1.807) is 0 Å². The van der Waals surface area contributed by atoms with Gasteiger partial charge in [0.15, 0.2) is 0 Å². The first-order chi connectivity index (χ1) is 9.32. The van der Waals surface area contributed by atoms with Crippen LogP contribution in [0.3, 0.4) is 0 Å². The average molecular weight is 280 g/mol. The van der Waals surface area contributed by atoms with Crippen LogP contribution in [0.5, 0.6) is 0 Å². The summed E-state index contributed by atoms with van der Waals surface area (Å²) < 4.78 is 11.6. The molecule has 2 saturated heterocycles. The first-order valence-corrected chi connectivity index (χ1v) is 7.78. The summed E-state index contributed by atoms with van der Waals surface area (Å²) in [6.45, 7) is 1.66. The largest absolute Gasteiger partial charge is 0.394 e. The van der Waals surface area contributed by atoms with Crippen LogP contribution in [0.25, 0.3) is 0 Å². The Balaban J connectivity index is 1.77. The average Bonchev–Trinajstić information content (AvgIpc) is 2.79. The van der Waals surface area contributed by atoms with Gasteiger partial charge in [0.2, 0.25) is 0 Å². The summed E-state index contributed by atoms with van der Waals surface area (Å²) in [5.41, 5.74) is -0.105. The molecule has 1 N–H and O–H groups in total. The van der Waals surface area contributed by atoms with Crippen molar-refractivity contribution in [2.45, 2.75) is 41.1 Å². The molecule has 1 spiro atoms. The Hall–Kier alpha value is -0.550. The predicted octanol–water partition coefficient (Wildman–Crippen LogP) is 2.48. The molecule has 0 amide bonds. The van der Waals surface area contributed by atoms with Gasteiger partial charge in [-0.25, -0.2) is 0 Å². The first-order valence-electron chi connectivity index (χ1n) is 6.90. The molecule has 2 heterocycles. The molecule has 0 unspecified atom stereocenters. The van der Waals surface area contributed by atoms with Gasteiger partial charge in [0.1, 0.15) is 0 Å². The normalized spacial score (nSPS) is 29.7. The van der Waals surface area contributed by atoms with Crippen molar-refractivity contribution in [1.29, 1.82) is 0 Å². The second kappa shape index (κ2) is 5.83. The number of aliphatic hydroxyl groups excluding tert-OH is 1. The molecule has 0 aromatic heterocycles. The molecule has 104 valence electrons. The Bertz CT molecular complexity index is 403. The van der Waals surface area contributed by atoms with Crippen LogP contribution in [0, 0.1) is 0 Å². The topological polar surface area (TPSA) is 38.7 Å². The minimum atomic E-state index is -0.105. The van der Waals surface area contributed by atoms with Crippen molar-refractivity contribution in [2.75, 3.05) is 19.8 Å². The Labute approximate surface area is 118 Å². The monoisotopic (exact) mass is 280 g/mol. The van der Waals surface area contributed by atoms with Crippen LogP contribution >= 0.6 is 11.8 Å². The molecule has 2 fully saturated rings. The van der Waals surface area contributed by atoms with E-state index in [0.717, 1.165) is 32.5 Å². The van der Waals surface area contributed by atoms with Gasteiger partial charge in [0.25, 0.3) is 0 Å². The predicted molar refractivity (Wildman–Crippen MR) is 75.4 cm³/mol. The highest BCUT2D eigenvalue weighted by atomic mass is 32.2. The van der Waals surface area contributed by atoms with Crippen LogP contribution in [-0.2, 0) is 9.47 Å². The number of benzene rings is 1. The minimum absolute atomic E-state index is 0.0145. The fraction of sp³-hybridized carbons (Fsp3) is 0.600. The van der Waals surface area contributed by atoms with Gasteiger partial charge in [-0.15, -0.1) is 11.8 Å². The molecular weight excluding hydrogens is 260 g/mol. The molecular formula is C15H20O3S. The lowest BCUT2D eigenvalue weighted by molar-refractivity contribution is -0.110. The number of thioether (sulfide) groups is 1. The molecule has 3 nitrogen and oxygen atoms in total. The van der Waals surface area contributed by atoms with E-state index >= 15 is 0 Å². The van der Waals surface area contributed by atoms with Gasteiger partial charge in [-0.2, -0.15) is 0 Å². The summed E-state index contributed by atoms with van der Waals surface area (Å²) in [6, 6.07) is 10.5. The summed E-state index contributed by atoms with van der Waals surface area (Å²) in [5.74, 6) is 0. The molecule has 19 heavy (non-hydrogen) atoms. The van der Waals surface area contributed by atoms with Gasteiger partial charge >= 0.3 is 0 Å². The smallest absolute Gasteiger partial charge is 0.0853 e. The van der Waals surface area contributed by atoms with Crippen molar-refractivity contribution in [3.8, 4) is 0 Å². The van der Waals surface area contributed by atoms with Crippen molar-refractivity contribution >= 4 is 11.8 Å². The van der Waals surface area contributed by atoms with E-state index in [0.29, 0.717) is 5.25 Å². The van der Waals surface area contributed by atoms with E-state index in [4.69, 9.17) is 9.47 Å². The summed E-state index contributed by atoms with van der Waals surface area (Å²) in [7, 11) is 0. The molecule has 0 saturated carbocycles. The Morgan fingerprint density at radius 2 is 1.95 bits per heavy atom. The van der Waals surface area contributed by atoms with E-state index in [2.05, 4.69) is 24.3 Å². The number of rotatable bonds is 3. The molecule has 0 radical (unpaired) electrons. The quantitative estimate of drug-likeness (QED) is 0.923. The second-order valence-electron chi connectivity index (χ2n) is 5.25. The standard InChI is InChI=1S/C15H20O3S/c16-11-12-10-14(19-13-4-2-1-3-5-13)15(18-12)6-8-17-9-7-15/h1-5,12,14,16H,6-11H2/t12-,14-/m1/s1. The van der Waals surface area contributed by atoms with Crippen LogP contribution in [0.2, 0.25) is 0 Å². The molecule has 3 rings (SSSR count). The highest BCUT2D eigenvalue weighted by molar-refractivity contribution is 8.00. The highest BCUT2D eigenvalue weighted by Gasteiger charge is 2.49. The van der Waals surface area contributed by atoms with Crippen molar-refractivity contribution in [1.82, 2.24) is 0 Å². The van der Waals surface area contributed by atoms with Gasteiger partial charge in [-0.1, -0.05) is 18.2 Å². The lowest BCUT2D eigenvalue weighted by atomic mass is 9.90. The van der Waals surface area contributed by atoms with Crippen LogP contribution < -0.4 is 0 Å². The van der Waals surface area contributed by atoms with Crippen molar-refractivity contribution < 1.29 is 14.6 Å². The third-order valence-electron chi connectivity index (χ3n) is 4.03. The molecule has 4 heteroatoms. The molecule has 2 aliphatic heterocycles. The lowest BCUT2D eigenvalue weighted by Crippen LogP contribution is -2.43. The van der Waals surface area contributed by atoms with Gasteiger partial charge in [-0.3, -0.25) is 0 Å². The van der Waals surface area contributed by atoms with Gasteiger partial charge < -0.3 is 14.6 Å². The number of ether oxygens (including phenoxy) is 2. The maximum absolute atomic E-state index is 9.40. The number of aliphatic hydroxyl groups is 1. The van der Waals surface area contributed by atoms with Crippen molar-refractivity contribution in [2.24, 2.45) is 0 Å². The van der Waals surface area contributed by atoms with Crippen LogP contribution in [0.15, 0.2) is 35.2 Å². The summed E-state index contributed by atoms with van der Waals surface area (Å²) in [5, 5.41) is 9.81. The van der Waals surface area contributed by atoms with Crippen LogP contribution in [-0.4, -0.2) is 41.9 Å². The molecule has 2 atom stereocenters. The zero-order chi connectivity index (χ0) is 13.1. The Morgan fingerprint density at radius 1 is 1.21 bits per heavy atom. The molecule has 2 aliphatic rings. The van der Waals surface area contributed by atoms with E-state index < -0.39 is 0 Å². The van der Waals surface area contributed by atoms with Gasteiger partial charge in [0, 0.05) is 36.2 Å². The Kier molecular flexibility index (Phi) is 4.12. The third kappa shape index (κ3) is 2.82. The van der Waals surface area contributed by atoms with E-state index in [1.165, 1.54) is 4.90 Å². The maximum atomic E-state index is 9.40. The second-order valence-corrected chi connectivity index (χ2v) is 6.53. The van der Waals surface area contributed by atoms with E-state index in [-0.39, 0.29) is 18.3 Å². The van der Waals surface area contributed by atoms with E-state index in [1.807, 2.05) is 17.8 Å². The van der Waals surface area contributed by atoms with Crippen molar-refractivity contribution in [3.05, 3.63) is 30.3 Å². The molecule has 0 bridgehead atoms. The highest BCUT2D eigenvalue weighted by Crippen LogP contribution is 2.46. The third-order valence-corrected chi connectivity index (χ3v) is 5.48. The van der Waals surface area contributed by atoms with Gasteiger partial charge in [-0.05, 0) is 18.6 Å². The van der Waals surface area contributed by atoms with E-state index in [9.17, 15) is 5.11 Å². The first kappa shape index (κ1) is 13.4. The maximum Gasteiger partial charge on any atom is 0.0853 e. The van der Waals surface area contributed by atoms with Crippen LogP contribution in [0.1, 0.15) is 19.3 Å². The number of hydrogen-bond donors (Lipinski definition) is 1. The number of hydrogen-bond acceptors (Lipinski definition) is 4. The molecule has 1 aromatic rings. The summed E-state index contributed by atoms with van der Waals surface area (Å²) in [4.78, 5) is 1.28. The van der Waals surface area contributed by atoms with Crippen LogP contribution in [0.4, 0.5) is 0 Å². The zero-order valence-electron chi connectivity index (χ0n) is 11.0. The zero-order valence-corrected chi connectivity index (χ0v) is 11.8. The molecule has 1 aromatic carbocycles. The minimum Gasteiger partial charge on any atom is -0.394 e. The Morgan fingerprint density at radius 3 is 2.63 bits per heavy atom. The van der Waals surface area contributed by atoms with Gasteiger partial charge in [0.05, 0.1) is 18.3 Å². The SMILES string of the molecule is OC[C@H]1C[C@@H](Sc2ccccc2)C2(CCOCC2)O1. The fourth-order valence-electron chi connectivity index (χ4n) is 3.00. The molecule has 0 aliphatic carbocycles. The van der Waals surface area contributed by atoms with Crippen molar-refractivity contribution in [3.63, 3.8) is 0 Å². The summed E-state index contributed by atoms with van der Waals surface area (Å²) in [6.07, 6.45) is 2.79. The summed E-state index contributed by atoms with van der Waals surface area (Å²) >= 11 is 1.88. The fourth-order valence-corrected chi connectivity index (χ4v) is 4.46.